The molecule has 0 fully saturated rings. The van der Waals surface area contributed by atoms with E-state index >= 15 is 0 Å². The van der Waals surface area contributed by atoms with Crippen molar-refractivity contribution in [3.05, 3.63) is 105 Å². The lowest BCUT2D eigenvalue weighted by molar-refractivity contribution is 0.469. The third-order valence-electron chi connectivity index (χ3n) is 4.28. The number of unbranched alkanes of at least 4 members (excludes halogenated alkanes) is 4. The van der Waals surface area contributed by atoms with Gasteiger partial charge in [-0.2, -0.15) is 0 Å². The van der Waals surface area contributed by atoms with Gasteiger partial charge in [-0.25, -0.2) is 4.79 Å². The summed E-state index contributed by atoms with van der Waals surface area (Å²) in [5.41, 5.74) is 2.50. The lowest BCUT2D eigenvalue weighted by Gasteiger charge is -2.05. The van der Waals surface area contributed by atoms with Crippen LogP contribution in [0.3, 0.4) is 0 Å². The number of rotatable bonds is 6. The smallest absolute Gasteiger partial charge is 0.301 e. The molecule has 0 bridgehead atoms. The van der Waals surface area contributed by atoms with Crippen LogP contribution in [-0.2, 0) is 6.54 Å². The lowest BCUT2D eigenvalue weighted by Crippen LogP contribution is -2.28. The van der Waals surface area contributed by atoms with E-state index in [4.69, 9.17) is 0 Å². The van der Waals surface area contributed by atoms with Crippen LogP contribution in [0.15, 0.2) is 82.5 Å². The van der Waals surface area contributed by atoms with Gasteiger partial charge in [0.05, 0.1) is 0 Å². The van der Waals surface area contributed by atoms with Gasteiger partial charge in [0.2, 0.25) is 0 Å². The van der Waals surface area contributed by atoms with Crippen molar-refractivity contribution in [2.24, 2.45) is 5.41 Å². The zero-order chi connectivity index (χ0) is 27.8. The summed E-state index contributed by atoms with van der Waals surface area (Å²) >= 11 is 0. The van der Waals surface area contributed by atoms with Crippen LogP contribution in [0, 0.1) is 19.3 Å². The monoisotopic (exact) mass is 496 g/mol. The number of hydrogen-bond donors (Lipinski definition) is 1. The summed E-state index contributed by atoms with van der Waals surface area (Å²) in [5.74, 6) is 0. The summed E-state index contributed by atoms with van der Waals surface area (Å²) in [5, 5.41) is 0. The van der Waals surface area contributed by atoms with Crippen LogP contribution in [0.2, 0.25) is 0 Å². The molecule has 1 aromatic heterocycles. The molecule has 3 aromatic rings. The maximum absolute atomic E-state index is 11.3. The number of aromatic amines is 1. The molecule has 36 heavy (non-hydrogen) atoms. The van der Waals surface area contributed by atoms with Gasteiger partial charge in [0.15, 0.2) is 0 Å². The number of nitrogens with one attached hydrogen (secondary N) is 1. The van der Waals surface area contributed by atoms with Crippen LogP contribution < -0.4 is 11.2 Å². The highest BCUT2D eigenvalue weighted by Crippen LogP contribution is 2.08. The molecule has 4 nitrogen and oxygen atoms in total. The molecule has 0 aliphatic rings. The number of H-pyrrole nitrogens is 1. The highest BCUT2D eigenvalue weighted by molar-refractivity contribution is 5.12. The van der Waals surface area contributed by atoms with Crippen molar-refractivity contribution in [2.75, 3.05) is 0 Å². The second-order valence-corrected chi connectivity index (χ2v) is 10.0. The van der Waals surface area contributed by atoms with Crippen molar-refractivity contribution >= 4 is 0 Å². The number of aromatic nitrogens is 2. The third kappa shape index (κ3) is 25.7. The van der Waals surface area contributed by atoms with Crippen LogP contribution in [0.1, 0.15) is 91.7 Å². The Labute approximate surface area is 220 Å². The van der Waals surface area contributed by atoms with Crippen molar-refractivity contribution < 1.29 is 0 Å². The van der Waals surface area contributed by atoms with Crippen LogP contribution in [-0.4, -0.2) is 9.55 Å². The molecular weight excluding hydrogens is 444 g/mol. The van der Waals surface area contributed by atoms with Crippen LogP contribution in [0.4, 0.5) is 0 Å². The molecule has 0 aliphatic carbocycles. The summed E-state index contributed by atoms with van der Waals surface area (Å²) in [6, 6.07) is 21.9. The van der Waals surface area contributed by atoms with Gasteiger partial charge in [-0.05, 0) is 25.7 Å². The summed E-state index contributed by atoms with van der Waals surface area (Å²) in [6.45, 7) is 19.8. The Morgan fingerprint density at radius 2 is 1.11 bits per heavy atom. The fourth-order valence-electron chi connectivity index (χ4n) is 2.57. The normalized spacial score (nSPS) is 9.58. The number of aryl methyl sites for hydroxylation is 3. The minimum atomic E-state index is -0.331. The van der Waals surface area contributed by atoms with Crippen molar-refractivity contribution in [3.8, 4) is 0 Å². The van der Waals surface area contributed by atoms with Gasteiger partial charge >= 0.3 is 5.69 Å². The molecule has 0 unspecified atom stereocenters. The second kappa shape index (κ2) is 22.6. The van der Waals surface area contributed by atoms with Gasteiger partial charge in [0.25, 0.3) is 5.56 Å². The molecule has 0 spiro atoms. The van der Waals surface area contributed by atoms with Crippen molar-refractivity contribution in [1.29, 1.82) is 0 Å². The van der Waals surface area contributed by atoms with E-state index in [0.29, 0.717) is 12.0 Å². The van der Waals surface area contributed by atoms with E-state index in [2.05, 4.69) is 77.7 Å². The predicted molar refractivity (Wildman–Crippen MR) is 159 cm³/mol. The van der Waals surface area contributed by atoms with E-state index in [1.807, 2.05) is 50.2 Å². The van der Waals surface area contributed by atoms with E-state index in [1.54, 1.807) is 10.8 Å². The highest BCUT2D eigenvalue weighted by atomic mass is 16.2. The average molecular weight is 497 g/mol. The molecule has 0 amide bonds. The first kappa shape index (κ1) is 35.3. The molecule has 1 heterocycles. The van der Waals surface area contributed by atoms with E-state index < -0.39 is 0 Å². The fourth-order valence-corrected chi connectivity index (χ4v) is 2.57. The molecule has 0 saturated heterocycles. The SMILES string of the molecule is CC.CC(C)(C)C.CCCCCCCn1ccc(=O)[nH]c1=O.Cc1ccccc1.Cc1ccccc1. The average Bonchev–Trinajstić information content (AvgIpc) is 2.82. The van der Waals surface area contributed by atoms with E-state index in [-0.39, 0.29) is 11.2 Å². The molecule has 0 atom stereocenters. The maximum Gasteiger partial charge on any atom is 0.328 e. The van der Waals surface area contributed by atoms with Gasteiger partial charge in [-0.15, -0.1) is 0 Å². The Hall–Kier alpha value is -2.88. The molecule has 0 aliphatic heterocycles. The van der Waals surface area contributed by atoms with Crippen molar-refractivity contribution in [3.63, 3.8) is 0 Å². The minimum absolute atomic E-state index is 0.307. The lowest BCUT2D eigenvalue weighted by atomic mass is 10.0. The van der Waals surface area contributed by atoms with Crippen LogP contribution in [0.25, 0.3) is 0 Å². The van der Waals surface area contributed by atoms with E-state index in [9.17, 15) is 9.59 Å². The first-order chi connectivity index (χ1) is 17.0. The molecular formula is C32H52N2O2. The van der Waals surface area contributed by atoms with Crippen molar-refractivity contribution in [2.45, 2.75) is 101 Å². The largest absolute Gasteiger partial charge is 0.328 e. The van der Waals surface area contributed by atoms with Crippen LogP contribution in [0.5, 0.6) is 0 Å². The van der Waals surface area contributed by atoms with Gasteiger partial charge in [0, 0.05) is 18.8 Å². The number of nitrogens with zero attached hydrogens (tertiary/aromatic N) is 1. The van der Waals surface area contributed by atoms with Gasteiger partial charge < -0.3 is 4.57 Å². The number of benzene rings is 2. The maximum atomic E-state index is 11.3. The quantitative estimate of drug-likeness (QED) is 0.347. The molecule has 4 heteroatoms. The Morgan fingerprint density at radius 3 is 1.44 bits per heavy atom. The molecule has 1 N–H and O–H groups in total. The Balaban J connectivity index is 0. The predicted octanol–water partition coefficient (Wildman–Crippen LogP) is 8.58. The minimum Gasteiger partial charge on any atom is -0.301 e. The second-order valence-electron chi connectivity index (χ2n) is 10.0. The van der Waals surface area contributed by atoms with Crippen LogP contribution >= 0.6 is 0 Å². The topological polar surface area (TPSA) is 54.9 Å². The number of hydrogen-bond acceptors (Lipinski definition) is 2. The van der Waals surface area contributed by atoms with Gasteiger partial charge in [-0.1, -0.05) is 146 Å². The third-order valence-corrected chi connectivity index (χ3v) is 4.28. The first-order valence-corrected chi connectivity index (χ1v) is 13.4. The first-order valence-electron chi connectivity index (χ1n) is 13.4. The molecule has 202 valence electrons. The molecule has 3 rings (SSSR count). The summed E-state index contributed by atoms with van der Waals surface area (Å²) in [4.78, 5) is 24.3. The van der Waals surface area contributed by atoms with Crippen molar-refractivity contribution in [1.82, 2.24) is 9.55 Å². The van der Waals surface area contributed by atoms with Gasteiger partial charge in [0.1, 0.15) is 0 Å². The zero-order valence-electron chi connectivity index (χ0n) is 24.4. The Kier molecular flexibility index (Phi) is 22.1. The van der Waals surface area contributed by atoms with E-state index in [1.165, 1.54) is 36.5 Å². The Morgan fingerprint density at radius 1 is 0.694 bits per heavy atom. The molecule has 2 aromatic carbocycles. The standard InChI is InChI=1S/C11H18N2O2.2C7H8.C5H12.C2H6/c1-2-3-4-5-6-8-13-9-7-10(14)12-11(13)15;2*1-7-5-3-2-4-6-7;1-5(2,3)4;1-2/h7,9H,2-6,8H2,1H3,(H,12,14,15);2*2-6H,1H3;1-4H3;1-2H3. The van der Waals surface area contributed by atoms with E-state index in [0.717, 1.165) is 12.8 Å². The Bertz CT molecular complexity index is 925. The highest BCUT2D eigenvalue weighted by Gasteiger charge is 1.96. The molecule has 0 saturated carbocycles. The summed E-state index contributed by atoms with van der Waals surface area (Å²) in [6.07, 6.45) is 7.38. The fraction of sp³-hybridized carbons (Fsp3) is 0.500. The zero-order valence-corrected chi connectivity index (χ0v) is 24.4. The summed E-state index contributed by atoms with van der Waals surface area (Å²) in [7, 11) is 0. The summed E-state index contributed by atoms with van der Waals surface area (Å²) < 4.78 is 1.55. The van der Waals surface area contributed by atoms with Gasteiger partial charge in [-0.3, -0.25) is 9.78 Å². The molecule has 0 radical (unpaired) electrons.